The lowest BCUT2D eigenvalue weighted by Crippen LogP contribution is -2.26. The number of nitrogens with zero attached hydrogens (tertiary/aromatic N) is 3. The Morgan fingerprint density at radius 1 is 1.10 bits per heavy atom. The number of carbonyl (C=O) groups is 1. The van der Waals surface area contributed by atoms with Crippen molar-refractivity contribution in [3.05, 3.63) is 77.6 Å². The van der Waals surface area contributed by atoms with Gasteiger partial charge in [-0.05, 0) is 55.7 Å². The van der Waals surface area contributed by atoms with Gasteiger partial charge in [0.1, 0.15) is 5.75 Å². The van der Waals surface area contributed by atoms with Gasteiger partial charge >= 0.3 is 0 Å². The summed E-state index contributed by atoms with van der Waals surface area (Å²) in [7, 11) is 1.64. The lowest BCUT2D eigenvalue weighted by atomic mass is 10.1. The second-order valence-corrected chi connectivity index (χ2v) is 6.71. The predicted octanol–water partition coefficient (Wildman–Crippen LogP) is 3.92. The first kappa shape index (κ1) is 20.3. The zero-order chi connectivity index (χ0) is 20.6. The van der Waals surface area contributed by atoms with Crippen LogP contribution in [0.15, 0.2) is 60.9 Å². The Balaban J connectivity index is 1.60. The number of methoxy groups -OCH3 is 1. The molecule has 150 valence electrons. The standard InChI is InChI=1S/C23H26N4O2/c1-4-27(20-9-5-7-17(2)13-20)23-25-15-19(16-26-23)22(28)24-12-11-18-8-6-10-21(14-18)29-3/h5-10,13-16H,4,11-12H2,1-3H3,(H,24,28). The molecule has 1 amide bonds. The Bertz CT molecular complexity index is 957. The SMILES string of the molecule is CCN(c1cccc(C)c1)c1ncc(C(=O)NCCc2cccc(OC)c2)cn1. The Hall–Kier alpha value is -3.41. The molecule has 0 aliphatic heterocycles. The molecule has 0 fully saturated rings. The summed E-state index contributed by atoms with van der Waals surface area (Å²) < 4.78 is 5.22. The summed E-state index contributed by atoms with van der Waals surface area (Å²) >= 11 is 0. The van der Waals surface area contributed by atoms with Gasteiger partial charge in [-0.1, -0.05) is 24.3 Å². The molecule has 3 rings (SSSR count). The molecule has 6 nitrogen and oxygen atoms in total. The van der Waals surface area contributed by atoms with E-state index in [-0.39, 0.29) is 5.91 Å². The number of amides is 1. The molecule has 2 aromatic carbocycles. The van der Waals surface area contributed by atoms with Crippen LogP contribution in [-0.2, 0) is 6.42 Å². The lowest BCUT2D eigenvalue weighted by Gasteiger charge is -2.21. The van der Waals surface area contributed by atoms with Crippen molar-refractivity contribution in [2.45, 2.75) is 20.3 Å². The zero-order valence-electron chi connectivity index (χ0n) is 17.1. The van der Waals surface area contributed by atoms with Gasteiger partial charge in [0.15, 0.2) is 0 Å². The van der Waals surface area contributed by atoms with Crippen molar-refractivity contribution >= 4 is 17.5 Å². The molecule has 0 aliphatic rings. The Labute approximate surface area is 171 Å². The molecule has 0 aliphatic carbocycles. The van der Waals surface area contributed by atoms with E-state index in [4.69, 9.17) is 4.74 Å². The minimum atomic E-state index is -0.182. The van der Waals surface area contributed by atoms with Gasteiger partial charge < -0.3 is 15.0 Å². The van der Waals surface area contributed by atoms with Gasteiger partial charge in [-0.2, -0.15) is 0 Å². The predicted molar refractivity (Wildman–Crippen MR) is 115 cm³/mol. The number of aryl methyl sites for hydroxylation is 1. The van der Waals surface area contributed by atoms with Crippen molar-refractivity contribution in [1.82, 2.24) is 15.3 Å². The van der Waals surface area contributed by atoms with Crippen LogP contribution in [0.25, 0.3) is 0 Å². The van der Waals surface area contributed by atoms with E-state index in [1.54, 1.807) is 19.5 Å². The van der Waals surface area contributed by atoms with Crippen molar-refractivity contribution in [2.75, 3.05) is 25.1 Å². The molecule has 0 bridgehead atoms. The van der Waals surface area contributed by atoms with Crippen LogP contribution in [0.5, 0.6) is 5.75 Å². The van der Waals surface area contributed by atoms with Crippen LogP contribution in [0.3, 0.4) is 0 Å². The number of benzene rings is 2. The zero-order valence-corrected chi connectivity index (χ0v) is 17.1. The highest BCUT2D eigenvalue weighted by molar-refractivity contribution is 5.93. The molecular formula is C23H26N4O2. The summed E-state index contributed by atoms with van der Waals surface area (Å²) in [4.78, 5) is 23.2. The molecule has 1 aromatic heterocycles. The van der Waals surface area contributed by atoms with Gasteiger partial charge in [-0.25, -0.2) is 9.97 Å². The highest BCUT2D eigenvalue weighted by Crippen LogP contribution is 2.22. The third-order valence-electron chi connectivity index (χ3n) is 4.60. The summed E-state index contributed by atoms with van der Waals surface area (Å²) in [6.45, 7) is 5.36. The average Bonchev–Trinajstić information content (AvgIpc) is 2.75. The molecule has 3 aromatic rings. The van der Waals surface area contributed by atoms with Crippen LogP contribution in [0.1, 0.15) is 28.4 Å². The van der Waals surface area contributed by atoms with Gasteiger partial charge in [0.25, 0.3) is 5.91 Å². The number of nitrogens with one attached hydrogen (secondary N) is 1. The lowest BCUT2D eigenvalue weighted by molar-refractivity contribution is 0.0953. The normalized spacial score (nSPS) is 10.4. The second-order valence-electron chi connectivity index (χ2n) is 6.71. The first-order chi connectivity index (χ1) is 14.1. The number of carbonyl (C=O) groups excluding carboxylic acids is 1. The monoisotopic (exact) mass is 390 g/mol. The highest BCUT2D eigenvalue weighted by Gasteiger charge is 2.12. The van der Waals surface area contributed by atoms with E-state index >= 15 is 0 Å². The first-order valence-corrected chi connectivity index (χ1v) is 9.68. The van der Waals surface area contributed by atoms with Crippen molar-refractivity contribution in [3.63, 3.8) is 0 Å². The van der Waals surface area contributed by atoms with Gasteiger partial charge in [0.2, 0.25) is 5.95 Å². The molecule has 0 atom stereocenters. The van der Waals surface area contributed by atoms with Crippen LogP contribution in [0, 0.1) is 6.92 Å². The summed E-state index contributed by atoms with van der Waals surface area (Å²) in [5.74, 6) is 1.20. The molecule has 6 heteroatoms. The van der Waals surface area contributed by atoms with Gasteiger partial charge in [-0.3, -0.25) is 4.79 Å². The van der Waals surface area contributed by atoms with Crippen LogP contribution in [-0.4, -0.2) is 36.1 Å². The van der Waals surface area contributed by atoms with Gasteiger partial charge in [-0.15, -0.1) is 0 Å². The maximum atomic E-state index is 12.4. The summed E-state index contributed by atoms with van der Waals surface area (Å²) in [5, 5.41) is 2.91. The van der Waals surface area contributed by atoms with Crippen LogP contribution in [0.2, 0.25) is 0 Å². The van der Waals surface area contributed by atoms with E-state index in [0.717, 1.165) is 30.0 Å². The van der Waals surface area contributed by atoms with Crippen LogP contribution in [0.4, 0.5) is 11.6 Å². The molecule has 0 saturated carbocycles. The van der Waals surface area contributed by atoms with E-state index in [1.165, 1.54) is 5.56 Å². The van der Waals surface area contributed by atoms with Crippen molar-refractivity contribution in [2.24, 2.45) is 0 Å². The fourth-order valence-corrected chi connectivity index (χ4v) is 3.06. The minimum Gasteiger partial charge on any atom is -0.497 e. The minimum absolute atomic E-state index is 0.182. The van der Waals surface area contributed by atoms with Crippen molar-refractivity contribution in [3.8, 4) is 5.75 Å². The maximum absolute atomic E-state index is 12.4. The largest absolute Gasteiger partial charge is 0.497 e. The maximum Gasteiger partial charge on any atom is 0.254 e. The number of ether oxygens (including phenoxy) is 1. The Morgan fingerprint density at radius 3 is 2.55 bits per heavy atom. The van der Waals surface area contributed by atoms with Crippen LogP contribution >= 0.6 is 0 Å². The number of aromatic nitrogens is 2. The molecule has 1 heterocycles. The highest BCUT2D eigenvalue weighted by atomic mass is 16.5. The Morgan fingerprint density at radius 2 is 1.86 bits per heavy atom. The summed E-state index contributed by atoms with van der Waals surface area (Å²) in [6.07, 6.45) is 3.86. The fourth-order valence-electron chi connectivity index (χ4n) is 3.06. The second kappa shape index (κ2) is 9.68. The third-order valence-corrected chi connectivity index (χ3v) is 4.60. The van der Waals surface area contributed by atoms with E-state index in [2.05, 4.69) is 34.3 Å². The van der Waals surface area contributed by atoms with E-state index in [9.17, 15) is 4.79 Å². The number of hydrogen-bond acceptors (Lipinski definition) is 5. The number of rotatable bonds is 8. The molecule has 0 radical (unpaired) electrons. The molecule has 0 unspecified atom stereocenters. The molecule has 0 saturated heterocycles. The molecule has 1 N–H and O–H groups in total. The van der Waals surface area contributed by atoms with E-state index in [0.29, 0.717) is 18.1 Å². The molecule has 29 heavy (non-hydrogen) atoms. The average molecular weight is 390 g/mol. The molecule has 0 spiro atoms. The summed E-state index contributed by atoms with van der Waals surface area (Å²) in [5.41, 5.74) is 3.75. The number of hydrogen-bond donors (Lipinski definition) is 1. The van der Waals surface area contributed by atoms with Crippen LogP contribution < -0.4 is 15.0 Å². The smallest absolute Gasteiger partial charge is 0.254 e. The quantitative estimate of drug-likeness (QED) is 0.631. The van der Waals surface area contributed by atoms with Crippen molar-refractivity contribution < 1.29 is 9.53 Å². The Kier molecular flexibility index (Phi) is 6.79. The molecular weight excluding hydrogens is 364 g/mol. The fraction of sp³-hybridized carbons (Fsp3) is 0.261. The topological polar surface area (TPSA) is 67.4 Å². The van der Waals surface area contributed by atoms with Gasteiger partial charge in [0.05, 0.1) is 12.7 Å². The first-order valence-electron chi connectivity index (χ1n) is 9.68. The summed E-state index contributed by atoms with van der Waals surface area (Å²) in [6, 6.07) is 16.0. The van der Waals surface area contributed by atoms with Gasteiger partial charge in [0, 0.05) is 31.2 Å². The number of anilines is 2. The van der Waals surface area contributed by atoms with Crippen molar-refractivity contribution in [1.29, 1.82) is 0 Å². The van der Waals surface area contributed by atoms with E-state index < -0.39 is 0 Å². The third kappa shape index (κ3) is 5.31. The van der Waals surface area contributed by atoms with E-state index in [1.807, 2.05) is 48.2 Å².